The van der Waals surface area contributed by atoms with Crippen molar-refractivity contribution in [2.75, 3.05) is 19.8 Å². The van der Waals surface area contributed by atoms with Crippen LogP contribution < -0.4 is 5.32 Å². The number of esters is 1. The van der Waals surface area contributed by atoms with Crippen LogP contribution in [0.25, 0.3) is 0 Å². The molecule has 18 heavy (non-hydrogen) atoms. The van der Waals surface area contributed by atoms with Crippen molar-refractivity contribution in [1.82, 2.24) is 5.32 Å². The third-order valence-corrected chi connectivity index (χ3v) is 3.26. The molecule has 0 aromatic heterocycles. The molecule has 106 valence electrons. The summed E-state index contributed by atoms with van der Waals surface area (Å²) < 4.78 is 10.9. The van der Waals surface area contributed by atoms with Crippen LogP contribution in [0.1, 0.15) is 52.4 Å². The molecule has 1 unspecified atom stereocenters. The maximum absolute atomic E-state index is 11.8. The summed E-state index contributed by atoms with van der Waals surface area (Å²) in [5.74, 6) is -0.193. The van der Waals surface area contributed by atoms with Gasteiger partial charge in [-0.2, -0.15) is 0 Å². The van der Waals surface area contributed by atoms with E-state index in [1.54, 1.807) is 0 Å². The van der Waals surface area contributed by atoms with Gasteiger partial charge in [0.15, 0.2) is 0 Å². The van der Waals surface area contributed by atoms with E-state index >= 15 is 0 Å². The van der Waals surface area contributed by atoms with E-state index < -0.39 is 0 Å². The number of carbonyl (C=O) groups excluding carboxylic acids is 1. The van der Waals surface area contributed by atoms with Crippen molar-refractivity contribution < 1.29 is 14.3 Å². The van der Waals surface area contributed by atoms with Gasteiger partial charge in [0, 0.05) is 0 Å². The molecule has 0 heterocycles. The predicted octanol–water partition coefficient (Wildman–Crippen LogP) is 2.27. The molecule has 0 aromatic rings. The van der Waals surface area contributed by atoms with E-state index in [-0.39, 0.29) is 12.0 Å². The van der Waals surface area contributed by atoms with Crippen molar-refractivity contribution in [3.8, 4) is 0 Å². The Morgan fingerprint density at radius 2 is 2.00 bits per heavy atom. The Kier molecular flexibility index (Phi) is 8.01. The second kappa shape index (κ2) is 9.34. The lowest BCUT2D eigenvalue weighted by Crippen LogP contribution is -2.43. The molecule has 0 aliphatic heterocycles. The summed E-state index contributed by atoms with van der Waals surface area (Å²) in [6.45, 7) is 5.58. The molecular weight excluding hydrogens is 230 g/mol. The van der Waals surface area contributed by atoms with Gasteiger partial charge in [-0.05, 0) is 32.7 Å². The van der Waals surface area contributed by atoms with Crippen molar-refractivity contribution in [2.45, 2.75) is 64.5 Å². The number of hydrogen-bond donors (Lipinski definition) is 1. The lowest BCUT2D eigenvalue weighted by atomic mass is 9.98. The third kappa shape index (κ3) is 5.83. The average molecular weight is 257 g/mol. The van der Waals surface area contributed by atoms with E-state index in [9.17, 15) is 4.79 Å². The molecule has 0 radical (unpaired) electrons. The Balaban J connectivity index is 2.31. The van der Waals surface area contributed by atoms with Gasteiger partial charge in [-0.15, -0.1) is 0 Å². The molecule has 4 nitrogen and oxygen atoms in total. The summed E-state index contributed by atoms with van der Waals surface area (Å²) in [5, 5.41) is 3.19. The average Bonchev–Trinajstić information content (AvgIpc) is 2.40. The van der Waals surface area contributed by atoms with Crippen LogP contribution in [0.4, 0.5) is 0 Å². The minimum atomic E-state index is -0.313. The molecule has 0 aromatic carbocycles. The van der Waals surface area contributed by atoms with Crippen LogP contribution in [-0.2, 0) is 14.3 Å². The lowest BCUT2D eigenvalue weighted by Gasteiger charge is -2.24. The molecule has 1 rings (SSSR count). The third-order valence-electron chi connectivity index (χ3n) is 3.26. The summed E-state index contributed by atoms with van der Waals surface area (Å²) in [5.41, 5.74) is 0. The second-order valence-electron chi connectivity index (χ2n) is 4.85. The van der Waals surface area contributed by atoms with Crippen LogP contribution in [0.3, 0.4) is 0 Å². The zero-order valence-corrected chi connectivity index (χ0v) is 11.7. The van der Waals surface area contributed by atoms with Crippen LogP contribution >= 0.6 is 0 Å². The molecule has 1 atom stereocenters. The van der Waals surface area contributed by atoms with E-state index in [1.807, 2.05) is 6.92 Å². The summed E-state index contributed by atoms with van der Waals surface area (Å²) in [4.78, 5) is 11.8. The van der Waals surface area contributed by atoms with Gasteiger partial charge in [-0.3, -0.25) is 4.79 Å². The predicted molar refractivity (Wildman–Crippen MR) is 71.5 cm³/mol. The summed E-state index contributed by atoms with van der Waals surface area (Å²) in [6.07, 6.45) is 7.40. The fraction of sp³-hybridized carbons (Fsp3) is 0.929. The Hall–Kier alpha value is -0.610. The maximum Gasteiger partial charge on any atom is 0.325 e. The summed E-state index contributed by atoms with van der Waals surface area (Å²) in [7, 11) is 0. The van der Waals surface area contributed by atoms with Crippen molar-refractivity contribution >= 4 is 5.97 Å². The van der Waals surface area contributed by atoms with Gasteiger partial charge in [-0.1, -0.05) is 26.2 Å². The van der Waals surface area contributed by atoms with Gasteiger partial charge in [0.2, 0.25) is 0 Å². The van der Waals surface area contributed by atoms with Crippen molar-refractivity contribution in [2.24, 2.45) is 0 Å². The topological polar surface area (TPSA) is 47.6 Å². The van der Waals surface area contributed by atoms with Gasteiger partial charge < -0.3 is 14.8 Å². The zero-order valence-electron chi connectivity index (χ0n) is 11.7. The van der Waals surface area contributed by atoms with Gasteiger partial charge >= 0.3 is 5.97 Å². The first kappa shape index (κ1) is 15.4. The molecule has 0 spiro atoms. The first-order chi connectivity index (χ1) is 8.77. The maximum atomic E-state index is 11.8. The first-order valence-electron chi connectivity index (χ1n) is 7.29. The van der Waals surface area contributed by atoms with Crippen LogP contribution in [0.15, 0.2) is 0 Å². The fourth-order valence-electron chi connectivity index (χ4n) is 2.24. The van der Waals surface area contributed by atoms with Gasteiger partial charge in [0.25, 0.3) is 0 Å². The molecule has 0 bridgehead atoms. The monoisotopic (exact) mass is 257 g/mol. The number of nitrogens with one attached hydrogen (secondary N) is 1. The molecule has 1 fully saturated rings. The minimum Gasteiger partial charge on any atom is -0.465 e. The van der Waals surface area contributed by atoms with Crippen molar-refractivity contribution in [1.29, 1.82) is 0 Å². The van der Waals surface area contributed by atoms with Crippen molar-refractivity contribution in [3.05, 3.63) is 0 Å². The van der Waals surface area contributed by atoms with Crippen molar-refractivity contribution in [3.63, 3.8) is 0 Å². The van der Waals surface area contributed by atoms with E-state index in [0.29, 0.717) is 19.3 Å². The zero-order chi connectivity index (χ0) is 13.2. The quantitative estimate of drug-likeness (QED) is 0.678. The van der Waals surface area contributed by atoms with E-state index in [2.05, 4.69) is 12.2 Å². The molecule has 1 aliphatic rings. The number of hydrogen-bond acceptors (Lipinski definition) is 4. The van der Waals surface area contributed by atoms with E-state index in [4.69, 9.17) is 9.47 Å². The summed E-state index contributed by atoms with van der Waals surface area (Å²) in [6, 6.07) is -0.313. The first-order valence-corrected chi connectivity index (χ1v) is 7.29. The van der Waals surface area contributed by atoms with E-state index in [1.165, 1.54) is 19.3 Å². The van der Waals surface area contributed by atoms with Gasteiger partial charge in [0.05, 0.1) is 19.3 Å². The highest BCUT2D eigenvalue weighted by molar-refractivity contribution is 5.75. The Bertz CT molecular complexity index is 227. The van der Waals surface area contributed by atoms with Gasteiger partial charge in [0.1, 0.15) is 6.04 Å². The molecule has 0 saturated heterocycles. The highest BCUT2D eigenvalue weighted by atomic mass is 16.5. The van der Waals surface area contributed by atoms with E-state index in [0.717, 1.165) is 25.8 Å². The largest absolute Gasteiger partial charge is 0.465 e. The Labute approximate surface area is 110 Å². The summed E-state index contributed by atoms with van der Waals surface area (Å²) >= 11 is 0. The number of carbonyl (C=O) groups is 1. The smallest absolute Gasteiger partial charge is 0.325 e. The molecule has 1 N–H and O–H groups in total. The molecular formula is C14H27NO3. The number of rotatable bonds is 8. The molecule has 4 heteroatoms. The second-order valence-corrected chi connectivity index (χ2v) is 4.85. The lowest BCUT2D eigenvalue weighted by molar-refractivity contribution is -0.148. The minimum absolute atomic E-state index is 0.193. The Morgan fingerprint density at radius 1 is 1.28 bits per heavy atom. The van der Waals surface area contributed by atoms with Crippen LogP contribution in [0, 0.1) is 0 Å². The highest BCUT2D eigenvalue weighted by Gasteiger charge is 2.22. The highest BCUT2D eigenvalue weighted by Crippen LogP contribution is 2.20. The van der Waals surface area contributed by atoms with Crippen LogP contribution in [-0.4, -0.2) is 37.9 Å². The SMILES string of the molecule is CCCNC(COC1CCCCC1)C(=O)OCC. The molecule has 1 aliphatic carbocycles. The van der Waals surface area contributed by atoms with Crippen LogP contribution in [0.2, 0.25) is 0 Å². The van der Waals surface area contributed by atoms with Gasteiger partial charge in [-0.25, -0.2) is 0 Å². The normalized spacial score (nSPS) is 18.6. The molecule has 1 saturated carbocycles. The molecule has 0 amide bonds. The standard InChI is InChI=1S/C14H27NO3/c1-3-10-15-13(14(16)17-4-2)11-18-12-8-6-5-7-9-12/h12-13,15H,3-11H2,1-2H3. The Morgan fingerprint density at radius 3 is 2.61 bits per heavy atom. The van der Waals surface area contributed by atoms with Crippen LogP contribution in [0.5, 0.6) is 0 Å². The number of ether oxygens (including phenoxy) is 2. The fourth-order valence-corrected chi connectivity index (χ4v) is 2.24.